The molecule has 0 aliphatic carbocycles. The minimum Gasteiger partial charge on any atom is -0.367 e. The van der Waals surface area contributed by atoms with Gasteiger partial charge in [-0.3, -0.25) is 0 Å². The van der Waals surface area contributed by atoms with Crippen LogP contribution in [0.1, 0.15) is 39.4 Å². The van der Waals surface area contributed by atoms with Gasteiger partial charge in [-0.25, -0.2) is 4.98 Å². The molecule has 0 radical (unpaired) electrons. The molecule has 1 unspecified atom stereocenters. The Bertz CT molecular complexity index is 345. The van der Waals surface area contributed by atoms with E-state index in [-0.39, 0.29) is 5.60 Å². The highest BCUT2D eigenvalue weighted by Crippen LogP contribution is 2.34. The van der Waals surface area contributed by atoms with Gasteiger partial charge in [0, 0.05) is 24.7 Å². The Kier molecular flexibility index (Phi) is 3.44. The molecule has 0 spiro atoms. The van der Waals surface area contributed by atoms with Crippen molar-refractivity contribution in [1.82, 2.24) is 9.36 Å². The summed E-state index contributed by atoms with van der Waals surface area (Å²) in [5, 5.41) is 4.20. The summed E-state index contributed by atoms with van der Waals surface area (Å²) in [6.45, 7) is 8.19. The van der Waals surface area contributed by atoms with Crippen molar-refractivity contribution in [2.45, 2.75) is 39.2 Å². The van der Waals surface area contributed by atoms with Gasteiger partial charge in [0.15, 0.2) is 5.82 Å². The topological polar surface area (TPSA) is 47.0 Å². The predicted octanol–water partition coefficient (Wildman–Crippen LogP) is 2.63. The molecular weight excluding hydrogens is 222 g/mol. The average Bonchev–Trinajstić information content (AvgIpc) is 2.84. The third-order valence-corrected chi connectivity index (χ3v) is 3.45. The molecule has 4 nitrogen and oxygen atoms in total. The van der Waals surface area contributed by atoms with Crippen LogP contribution in [-0.2, 0) is 10.3 Å². The average molecular weight is 241 g/mol. The lowest BCUT2D eigenvalue weighted by atomic mass is 10.0. The first-order valence-electron chi connectivity index (χ1n) is 5.82. The van der Waals surface area contributed by atoms with Gasteiger partial charge >= 0.3 is 0 Å². The van der Waals surface area contributed by atoms with E-state index < -0.39 is 0 Å². The van der Waals surface area contributed by atoms with Crippen molar-refractivity contribution < 1.29 is 4.74 Å². The lowest BCUT2D eigenvalue weighted by molar-refractivity contribution is 0.0104. The molecule has 0 aromatic carbocycles. The van der Waals surface area contributed by atoms with E-state index in [0.29, 0.717) is 5.92 Å². The Labute approximate surface area is 101 Å². The number of nitrogens with one attached hydrogen (secondary N) is 1. The van der Waals surface area contributed by atoms with E-state index in [1.165, 1.54) is 11.5 Å². The molecule has 1 fully saturated rings. The third-order valence-electron chi connectivity index (χ3n) is 2.78. The number of hydrogen-bond donors (Lipinski definition) is 1. The fourth-order valence-corrected chi connectivity index (χ4v) is 2.44. The molecule has 2 heterocycles. The maximum Gasteiger partial charge on any atom is 0.202 e. The molecule has 1 N–H and O–H groups in total. The highest BCUT2D eigenvalue weighted by atomic mass is 32.1. The first-order chi connectivity index (χ1) is 7.60. The van der Waals surface area contributed by atoms with E-state index in [1.54, 1.807) is 0 Å². The van der Waals surface area contributed by atoms with E-state index in [2.05, 4.69) is 35.4 Å². The van der Waals surface area contributed by atoms with Gasteiger partial charge in [-0.05, 0) is 25.7 Å². The second kappa shape index (κ2) is 4.67. The molecule has 1 aliphatic rings. The Hall–Kier alpha value is -0.680. The fraction of sp³-hybridized carbons (Fsp3) is 0.818. The highest BCUT2D eigenvalue weighted by Gasteiger charge is 2.35. The maximum atomic E-state index is 5.72. The van der Waals surface area contributed by atoms with Gasteiger partial charge in [-0.1, -0.05) is 13.8 Å². The second-order valence-electron chi connectivity index (χ2n) is 4.88. The van der Waals surface area contributed by atoms with Crippen LogP contribution in [0.4, 0.5) is 5.13 Å². The Morgan fingerprint density at radius 1 is 1.56 bits per heavy atom. The molecule has 1 aromatic heterocycles. The second-order valence-corrected chi connectivity index (χ2v) is 5.63. The molecule has 0 bridgehead atoms. The zero-order chi connectivity index (χ0) is 11.6. The first kappa shape index (κ1) is 11.8. The summed E-state index contributed by atoms with van der Waals surface area (Å²) in [7, 11) is 0. The van der Waals surface area contributed by atoms with Crippen LogP contribution in [0.3, 0.4) is 0 Å². The minimum absolute atomic E-state index is 0.256. The quantitative estimate of drug-likeness (QED) is 0.880. The van der Waals surface area contributed by atoms with Crippen LogP contribution in [0.15, 0.2) is 0 Å². The normalized spacial score (nSPS) is 25.2. The molecule has 0 saturated carbocycles. The van der Waals surface area contributed by atoms with Gasteiger partial charge in [0.25, 0.3) is 0 Å². The van der Waals surface area contributed by atoms with Gasteiger partial charge in [-0.15, -0.1) is 0 Å². The molecule has 90 valence electrons. The van der Waals surface area contributed by atoms with Crippen LogP contribution < -0.4 is 5.32 Å². The highest BCUT2D eigenvalue weighted by molar-refractivity contribution is 7.09. The lowest BCUT2D eigenvalue weighted by Gasteiger charge is -2.18. The van der Waals surface area contributed by atoms with Gasteiger partial charge in [-0.2, -0.15) is 4.37 Å². The van der Waals surface area contributed by atoms with E-state index >= 15 is 0 Å². The van der Waals surface area contributed by atoms with Crippen molar-refractivity contribution in [3.63, 3.8) is 0 Å². The van der Waals surface area contributed by atoms with Crippen molar-refractivity contribution in [3.8, 4) is 0 Å². The predicted molar refractivity (Wildman–Crippen MR) is 65.8 cm³/mol. The zero-order valence-corrected chi connectivity index (χ0v) is 10.9. The number of anilines is 1. The molecule has 5 heteroatoms. The molecule has 1 atom stereocenters. The Morgan fingerprint density at radius 3 is 3.00 bits per heavy atom. The van der Waals surface area contributed by atoms with E-state index in [4.69, 9.17) is 4.74 Å². The fourth-order valence-electron chi connectivity index (χ4n) is 1.76. The summed E-state index contributed by atoms with van der Waals surface area (Å²) < 4.78 is 10.1. The van der Waals surface area contributed by atoms with Crippen LogP contribution in [0, 0.1) is 5.92 Å². The SMILES string of the molecule is CC(C)CNc1nc(C2(C)CCCO2)ns1. The lowest BCUT2D eigenvalue weighted by Crippen LogP contribution is -2.21. The standard InChI is InChI=1S/C11H19N3OS/c1-8(2)7-12-10-13-9(14-16-10)11(3)5-4-6-15-11/h8H,4-7H2,1-3H3,(H,12,13,14). The van der Waals surface area contributed by atoms with Gasteiger partial charge in [0.05, 0.1) is 0 Å². The van der Waals surface area contributed by atoms with Crippen molar-refractivity contribution in [2.24, 2.45) is 5.92 Å². The van der Waals surface area contributed by atoms with Crippen LogP contribution >= 0.6 is 11.5 Å². The van der Waals surface area contributed by atoms with Crippen LogP contribution in [0.25, 0.3) is 0 Å². The largest absolute Gasteiger partial charge is 0.367 e. The summed E-state index contributed by atoms with van der Waals surface area (Å²) >= 11 is 1.42. The minimum atomic E-state index is -0.256. The summed E-state index contributed by atoms with van der Waals surface area (Å²) in [5.41, 5.74) is -0.256. The number of hydrogen-bond acceptors (Lipinski definition) is 5. The van der Waals surface area contributed by atoms with Crippen LogP contribution in [0.2, 0.25) is 0 Å². The molecule has 2 rings (SSSR count). The molecule has 1 aliphatic heterocycles. The maximum absolute atomic E-state index is 5.72. The molecule has 1 saturated heterocycles. The van der Waals surface area contributed by atoms with E-state index in [0.717, 1.165) is 36.9 Å². The smallest absolute Gasteiger partial charge is 0.202 e. The third kappa shape index (κ3) is 2.52. The molecular formula is C11H19N3OS. The van der Waals surface area contributed by atoms with Crippen molar-refractivity contribution in [2.75, 3.05) is 18.5 Å². The number of nitrogens with zero attached hydrogens (tertiary/aromatic N) is 2. The molecule has 16 heavy (non-hydrogen) atoms. The number of ether oxygens (including phenoxy) is 1. The van der Waals surface area contributed by atoms with Crippen LogP contribution in [0.5, 0.6) is 0 Å². The zero-order valence-electron chi connectivity index (χ0n) is 10.1. The molecule has 0 amide bonds. The van der Waals surface area contributed by atoms with Crippen molar-refractivity contribution in [3.05, 3.63) is 5.82 Å². The van der Waals surface area contributed by atoms with Gasteiger partial charge < -0.3 is 10.1 Å². The molecule has 1 aromatic rings. The first-order valence-corrected chi connectivity index (χ1v) is 6.59. The van der Waals surface area contributed by atoms with Crippen molar-refractivity contribution in [1.29, 1.82) is 0 Å². The number of aromatic nitrogens is 2. The Morgan fingerprint density at radius 2 is 2.38 bits per heavy atom. The summed E-state index contributed by atoms with van der Waals surface area (Å²) in [5.74, 6) is 1.45. The monoisotopic (exact) mass is 241 g/mol. The summed E-state index contributed by atoms with van der Waals surface area (Å²) in [6.07, 6.45) is 2.12. The van der Waals surface area contributed by atoms with Crippen molar-refractivity contribution >= 4 is 16.7 Å². The van der Waals surface area contributed by atoms with Gasteiger partial charge in [0.2, 0.25) is 5.13 Å². The summed E-state index contributed by atoms with van der Waals surface area (Å²) in [4.78, 5) is 4.51. The van der Waals surface area contributed by atoms with Gasteiger partial charge in [0.1, 0.15) is 5.60 Å². The van der Waals surface area contributed by atoms with E-state index in [9.17, 15) is 0 Å². The Balaban J connectivity index is 2.01. The summed E-state index contributed by atoms with van der Waals surface area (Å²) in [6, 6.07) is 0. The van der Waals surface area contributed by atoms with E-state index in [1.807, 2.05) is 0 Å². The van der Waals surface area contributed by atoms with Crippen LogP contribution in [-0.4, -0.2) is 22.5 Å². The number of rotatable bonds is 4.